The first-order valence-electron chi connectivity index (χ1n) is 10.4. The third kappa shape index (κ3) is 8.87. The highest BCUT2D eigenvalue weighted by molar-refractivity contribution is 5.65. The van der Waals surface area contributed by atoms with Gasteiger partial charge in [-0.25, -0.2) is 0 Å². The number of hydrogen-bond acceptors (Lipinski definition) is 7. The van der Waals surface area contributed by atoms with E-state index in [-0.39, 0.29) is 6.61 Å². The van der Waals surface area contributed by atoms with Crippen LogP contribution in [-0.4, -0.2) is 68.2 Å². The van der Waals surface area contributed by atoms with Gasteiger partial charge < -0.3 is 28.8 Å². The summed E-state index contributed by atoms with van der Waals surface area (Å²) in [4.78, 5) is 11.2. The van der Waals surface area contributed by atoms with E-state index in [1.165, 1.54) is 6.92 Å². The molecule has 1 rings (SSSR count). The molecule has 0 aliphatic carbocycles. The average Bonchev–Trinajstić information content (AvgIpc) is 2.64. The monoisotopic (exact) mass is 390 g/mol. The second-order valence-electron chi connectivity index (χ2n) is 6.93. The van der Waals surface area contributed by atoms with Crippen molar-refractivity contribution in [3.63, 3.8) is 0 Å². The molecule has 1 aliphatic heterocycles. The van der Waals surface area contributed by atoms with Crippen LogP contribution < -0.4 is 0 Å². The molecule has 7 nitrogen and oxygen atoms in total. The Kier molecular flexibility index (Phi) is 12.9. The van der Waals surface area contributed by atoms with Gasteiger partial charge in [0.05, 0.1) is 0 Å². The average molecular weight is 391 g/mol. The smallest absolute Gasteiger partial charge is 0.302 e. The Bertz CT molecular complexity index is 391. The fourth-order valence-corrected chi connectivity index (χ4v) is 2.89. The van der Waals surface area contributed by atoms with Crippen molar-refractivity contribution in [2.24, 2.45) is 0 Å². The predicted octanol–water partition coefficient (Wildman–Crippen LogP) is 2.82. The van der Waals surface area contributed by atoms with Gasteiger partial charge >= 0.3 is 5.97 Å². The summed E-state index contributed by atoms with van der Waals surface area (Å²) in [5.41, 5.74) is 0. The van der Waals surface area contributed by atoms with Crippen LogP contribution in [0, 0.1) is 0 Å². The van der Waals surface area contributed by atoms with E-state index in [2.05, 4.69) is 20.8 Å². The molecule has 1 saturated heterocycles. The van der Waals surface area contributed by atoms with Crippen molar-refractivity contribution in [2.75, 3.05) is 26.4 Å². The van der Waals surface area contributed by atoms with Crippen LogP contribution in [0.3, 0.4) is 0 Å². The SMILES string of the molecule is CCCCOC1[C@H](OCCCC)C(COC(C)=O)OC(O)[C@@H]1OCCCC. The van der Waals surface area contributed by atoms with Gasteiger partial charge in [-0.2, -0.15) is 0 Å². The predicted molar refractivity (Wildman–Crippen MR) is 101 cm³/mol. The molecule has 1 fully saturated rings. The van der Waals surface area contributed by atoms with Gasteiger partial charge in [0.2, 0.25) is 0 Å². The molecule has 1 aliphatic rings. The van der Waals surface area contributed by atoms with Crippen molar-refractivity contribution in [1.29, 1.82) is 0 Å². The van der Waals surface area contributed by atoms with Crippen molar-refractivity contribution in [3.8, 4) is 0 Å². The number of unbranched alkanes of at least 4 members (excludes halogenated alkanes) is 3. The van der Waals surface area contributed by atoms with Crippen LogP contribution in [0.4, 0.5) is 0 Å². The molecule has 0 aromatic rings. The van der Waals surface area contributed by atoms with Gasteiger partial charge in [0.15, 0.2) is 6.29 Å². The van der Waals surface area contributed by atoms with Crippen LogP contribution in [0.25, 0.3) is 0 Å². The first kappa shape index (κ1) is 24.3. The lowest BCUT2D eigenvalue weighted by molar-refractivity contribution is -0.311. The van der Waals surface area contributed by atoms with E-state index in [0.29, 0.717) is 19.8 Å². The molecule has 27 heavy (non-hydrogen) atoms. The van der Waals surface area contributed by atoms with Crippen LogP contribution in [0.1, 0.15) is 66.2 Å². The fraction of sp³-hybridized carbons (Fsp3) is 0.950. The van der Waals surface area contributed by atoms with Gasteiger partial charge in [-0.1, -0.05) is 40.0 Å². The van der Waals surface area contributed by atoms with Gasteiger partial charge in [0.25, 0.3) is 0 Å². The van der Waals surface area contributed by atoms with Gasteiger partial charge in [-0.05, 0) is 19.3 Å². The number of carbonyl (C=O) groups is 1. The lowest BCUT2D eigenvalue weighted by Gasteiger charge is -2.44. The number of carbonyl (C=O) groups excluding carboxylic acids is 1. The van der Waals surface area contributed by atoms with E-state index >= 15 is 0 Å². The molecular weight excluding hydrogens is 352 g/mol. The molecule has 7 heteroatoms. The summed E-state index contributed by atoms with van der Waals surface area (Å²) < 4.78 is 28.9. The molecule has 0 saturated carbocycles. The minimum absolute atomic E-state index is 0.0124. The normalized spacial score (nSPS) is 28.3. The summed E-state index contributed by atoms with van der Waals surface area (Å²) in [5.74, 6) is -0.398. The highest BCUT2D eigenvalue weighted by atomic mass is 16.7. The summed E-state index contributed by atoms with van der Waals surface area (Å²) >= 11 is 0. The third-order valence-corrected chi connectivity index (χ3v) is 4.48. The number of aliphatic hydroxyl groups excluding tert-OH is 1. The van der Waals surface area contributed by atoms with E-state index in [1.807, 2.05) is 0 Å². The molecule has 1 N–H and O–H groups in total. The van der Waals surface area contributed by atoms with Crippen molar-refractivity contribution >= 4 is 5.97 Å². The highest BCUT2D eigenvalue weighted by Gasteiger charge is 2.48. The maximum Gasteiger partial charge on any atom is 0.302 e. The minimum atomic E-state index is -1.15. The Morgan fingerprint density at radius 3 is 1.81 bits per heavy atom. The molecule has 0 amide bonds. The van der Waals surface area contributed by atoms with Crippen molar-refractivity contribution < 1.29 is 33.6 Å². The van der Waals surface area contributed by atoms with Gasteiger partial charge in [-0.3, -0.25) is 4.79 Å². The second kappa shape index (κ2) is 14.3. The molecule has 1 heterocycles. The second-order valence-corrected chi connectivity index (χ2v) is 6.93. The Hall–Kier alpha value is -0.730. The Labute approximate surface area is 163 Å². The zero-order valence-electron chi connectivity index (χ0n) is 17.4. The number of rotatable bonds is 14. The van der Waals surface area contributed by atoms with Crippen LogP contribution in [0.15, 0.2) is 0 Å². The van der Waals surface area contributed by atoms with E-state index in [0.717, 1.165) is 38.5 Å². The molecule has 5 atom stereocenters. The Balaban J connectivity index is 2.90. The highest BCUT2D eigenvalue weighted by Crippen LogP contribution is 2.28. The maximum atomic E-state index is 11.2. The van der Waals surface area contributed by atoms with Crippen molar-refractivity contribution in [3.05, 3.63) is 0 Å². The quantitative estimate of drug-likeness (QED) is 0.361. The largest absolute Gasteiger partial charge is 0.463 e. The zero-order chi connectivity index (χ0) is 20.1. The molecule has 0 spiro atoms. The van der Waals surface area contributed by atoms with Crippen LogP contribution in [-0.2, 0) is 28.5 Å². The number of hydrogen-bond donors (Lipinski definition) is 1. The Morgan fingerprint density at radius 2 is 1.33 bits per heavy atom. The van der Waals surface area contributed by atoms with Crippen molar-refractivity contribution in [2.45, 2.75) is 96.9 Å². The fourth-order valence-electron chi connectivity index (χ4n) is 2.89. The summed E-state index contributed by atoms with van der Waals surface area (Å²) in [5, 5.41) is 10.5. The van der Waals surface area contributed by atoms with Crippen LogP contribution in [0.2, 0.25) is 0 Å². The summed E-state index contributed by atoms with van der Waals surface area (Å²) in [6.07, 6.45) is 2.38. The zero-order valence-corrected chi connectivity index (χ0v) is 17.4. The first-order valence-corrected chi connectivity index (χ1v) is 10.4. The summed E-state index contributed by atoms with van der Waals surface area (Å²) in [7, 11) is 0. The lowest BCUT2D eigenvalue weighted by Crippen LogP contribution is -2.61. The Morgan fingerprint density at radius 1 is 0.852 bits per heavy atom. The van der Waals surface area contributed by atoms with Gasteiger partial charge in [0, 0.05) is 26.7 Å². The maximum absolute atomic E-state index is 11.2. The molecule has 0 radical (unpaired) electrons. The van der Waals surface area contributed by atoms with E-state index < -0.39 is 36.7 Å². The topological polar surface area (TPSA) is 83.5 Å². The minimum Gasteiger partial charge on any atom is -0.463 e. The molecule has 0 bridgehead atoms. The van der Waals surface area contributed by atoms with Crippen molar-refractivity contribution in [1.82, 2.24) is 0 Å². The molecular formula is C20H38O7. The van der Waals surface area contributed by atoms with Crippen LogP contribution >= 0.6 is 0 Å². The third-order valence-electron chi connectivity index (χ3n) is 4.48. The number of aliphatic hydroxyl groups is 1. The first-order chi connectivity index (χ1) is 13.0. The number of ether oxygens (including phenoxy) is 5. The molecule has 160 valence electrons. The molecule has 0 aromatic heterocycles. The standard InChI is InChI=1S/C20H38O7/c1-5-8-11-23-17-16(14-26-15(4)21)27-20(22)19(25-13-10-7-3)18(17)24-12-9-6-2/h16-20,22H,5-14H2,1-4H3/t16?,17-,18?,19-,20?/m1/s1. The number of esters is 1. The molecule has 0 aromatic carbocycles. The van der Waals surface area contributed by atoms with E-state index in [1.54, 1.807) is 0 Å². The van der Waals surface area contributed by atoms with E-state index in [9.17, 15) is 9.90 Å². The summed E-state index contributed by atoms with van der Waals surface area (Å²) in [6, 6.07) is 0. The van der Waals surface area contributed by atoms with E-state index in [4.69, 9.17) is 23.7 Å². The molecule has 3 unspecified atom stereocenters. The lowest BCUT2D eigenvalue weighted by atomic mass is 9.98. The van der Waals surface area contributed by atoms with Crippen LogP contribution in [0.5, 0.6) is 0 Å². The van der Waals surface area contributed by atoms with Gasteiger partial charge in [-0.15, -0.1) is 0 Å². The van der Waals surface area contributed by atoms with Gasteiger partial charge in [0.1, 0.15) is 31.0 Å². The summed E-state index contributed by atoms with van der Waals surface area (Å²) in [6.45, 7) is 9.24.